The summed E-state index contributed by atoms with van der Waals surface area (Å²) in [6.07, 6.45) is 0.717. The molecule has 1 atom stereocenters. The monoisotopic (exact) mass is 335 g/mol. The number of nitrogens with two attached hydrogens (primary N) is 1. The van der Waals surface area contributed by atoms with E-state index in [0.29, 0.717) is 5.56 Å². The molecule has 5 heteroatoms. The lowest BCUT2D eigenvalue weighted by molar-refractivity contribution is 0.414. The van der Waals surface area contributed by atoms with Gasteiger partial charge in [-0.15, -0.1) is 11.3 Å². The van der Waals surface area contributed by atoms with Gasteiger partial charge in [0.05, 0.1) is 30.5 Å². The predicted octanol–water partition coefficient (Wildman–Crippen LogP) is 3.93. The van der Waals surface area contributed by atoms with Gasteiger partial charge in [0.1, 0.15) is 10.8 Å². The number of rotatable bonds is 5. The lowest BCUT2D eigenvalue weighted by Gasteiger charge is -2.09. The lowest BCUT2D eigenvalue weighted by atomic mass is 10.1. The van der Waals surface area contributed by atoms with Crippen LogP contribution in [-0.4, -0.2) is 12.1 Å². The smallest absolute Gasteiger partial charge is 0.118 e. The van der Waals surface area contributed by atoms with Gasteiger partial charge in [0.2, 0.25) is 0 Å². The van der Waals surface area contributed by atoms with Gasteiger partial charge in [-0.2, -0.15) is 5.26 Å². The summed E-state index contributed by atoms with van der Waals surface area (Å²) in [5, 5.41) is 11.9. The Bertz CT molecular complexity index is 865. The van der Waals surface area contributed by atoms with E-state index in [-0.39, 0.29) is 6.04 Å². The van der Waals surface area contributed by atoms with Gasteiger partial charge >= 0.3 is 0 Å². The fourth-order valence-electron chi connectivity index (χ4n) is 2.44. The van der Waals surface area contributed by atoms with Gasteiger partial charge in [0.15, 0.2) is 0 Å². The van der Waals surface area contributed by atoms with Crippen LogP contribution in [0.4, 0.5) is 0 Å². The van der Waals surface area contributed by atoms with Crippen LogP contribution in [0.2, 0.25) is 0 Å². The van der Waals surface area contributed by atoms with E-state index >= 15 is 0 Å². The Balaban J connectivity index is 1.75. The average molecular weight is 335 g/mol. The fraction of sp³-hybridized carbons (Fsp3) is 0.158. The summed E-state index contributed by atoms with van der Waals surface area (Å²) in [5.41, 5.74) is 9.88. The molecule has 4 nitrogen and oxygen atoms in total. The molecule has 2 N–H and O–H groups in total. The van der Waals surface area contributed by atoms with Crippen LogP contribution in [0.25, 0.3) is 11.3 Å². The number of thiazole rings is 1. The molecule has 0 aliphatic rings. The molecule has 120 valence electrons. The van der Waals surface area contributed by atoms with Gasteiger partial charge in [-0.1, -0.05) is 24.3 Å². The normalized spacial score (nSPS) is 11.7. The molecule has 0 saturated carbocycles. The van der Waals surface area contributed by atoms with E-state index in [0.717, 1.165) is 34.0 Å². The van der Waals surface area contributed by atoms with Gasteiger partial charge in [0.25, 0.3) is 0 Å². The first-order valence-electron chi connectivity index (χ1n) is 7.54. The molecule has 3 rings (SSSR count). The van der Waals surface area contributed by atoms with Crippen molar-refractivity contribution in [2.45, 2.75) is 12.5 Å². The number of ether oxygens (including phenoxy) is 1. The highest BCUT2D eigenvalue weighted by Crippen LogP contribution is 2.27. The predicted molar refractivity (Wildman–Crippen MR) is 95.9 cm³/mol. The summed E-state index contributed by atoms with van der Waals surface area (Å²) in [5.74, 6) is 0.834. The molecule has 3 aromatic rings. The number of nitrogens with zero attached hydrogens (tertiary/aromatic N) is 2. The van der Waals surface area contributed by atoms with E-state index in [1.807, 2.05) is 47.8 Å². The van der Waals surface area contributed by atoms with Crippen LogP contribution in [0.3, 0.4) is 0 Å². The highest BCUT2D eigenvalue weighted by atomic mass is 32.1. The summed E-state index contributed by atoms with van der Waals surface area (Å²) in [6, 6.07) is 17.3. The molecule has 1 unspecified atom stereocenters. The van der Waals surface area contributed by atoms with Gasteiger partial charge in [-0.05, 0) is 36.2 Å². The van der Waals surface area contributed by atoms with Crippen LogP contribution >= 0.6 is 11.3 Å². The Labute approximate surface area is 145 Å². The zero-order chi connectivity index (χ0) is 16.9. The molecule has 0 spiro atoms. The van der Waals surface area contributed by atoms with Gasteiger partial charge in [0, 0.05) is 10.9 Å². The van der Waals surface area contributed by atoms with Crippen molar-refractivity contribution in [3.63, 3.8) is 0 Å². The van der Waals surface area contributed by atoms with Crippen molar-refractivity contribution < 1.29 is 4.74 Å². The van der Waals surface area contributed by atoms with Crippen molar-refractivity contribution in [3.05, 3.63) is 70.0 Å². The molecule has 2 aromatic carbocycles. The van der Waals surface area contributed by atoms with Crippen molar-refractivity contribution in [2.24, 2.45) is 5.73 Å². The Kier molecular flexibility index (Phi) is 4.90. The Morgan fingerprint density at radius 2 is 2.04 bits per heavy atom. The van der Waals surface area contributed by atoms with Crippen LogP contribution in [0.1, 0.15) is 22.2 Å². The third kappa shape index (κ3) is 3.62. The Morgan fingerprint density at radius 1 is 1.25 bits per heavy atom. The number of hydrogen-bond acceptors (Lipinski definition) is 5. The van der Waals surface area contributed by atoms with Crippen LogP contribution < -0.4 is 10.5 Å². The molecule has 0 amide bonds. The number of methoxy groups -OCH3 is 1. The minimum absolute atomic E-state index is 0.156. The van der Waals surface area contributed by atoms with Crippen LogP contribution in [0.5, 0.6) is 5.75 Å². The second-order valence-electron chi connectivity index (χ2n) is 5.42. The first-order chi connectivity index (χ1) is 11.7. The molecule has 1 heterocycles. The SMILES string of the molecule is COc1ccc(CC(N)c2nc(-c3cccc(C#N)c3)cs2)cc1. The van der Waals surface area contributed by atoms with E-state index in [2.05, 4.69) is 11.1 Å². The topological polar surface area (TPSA) is 71.9 Å². The van der Waals surface area contributed by atoms with E-state index in [1.165, 1.54) is 0 Å². The molecule has 0 bridgehead atoms. The number of nitriles is 1. The maximum Gasteiger partial charge on any atom is 0.118 e. The van der Waals surface area contributed by atoms with Crippen molar-refractivity contribution in [2.75, 3.05) is 7.11 Å². The highest BCUT2D eigenvalue weighted by Gasteiger charge is 2.13. The van der Waals surface area contributed by atoms with Gasteiger partial charge in [-0.3, -0.25) is 0 Å². The van der Waals surface area contributed by atoms with E-state index in [9.17, 15) is 0 Å². The standard InChI is InChI=1S/C19H17N3OS/c1-23-16-7-5-13(6-8-16)10-17(21)19-22-18(12-24-19)15-4-2-3-14(9-15)11-20/h2-9,12,17H,10,21H2,1H3. The molecule has 0 radical (unpaired) electrons. The second-order valence-corrected chi connectivity index (χ2v) is 6.31. The molecule has 24 heavy (non-hydrogen) atoms. The van der Waals surface area contributed by atoms with Crippen LogP contribution in [0, 0.1) is 11.3 Å². The highest BCUT2D eigenvalue weighted by molar-refractivity contribution is 7.10. The summed E-state index contributed by atoms with van der Waals surface area (Å²) in [6.45, 7) is 0. The fourth-order valence-corrected chi connectivity index (χ4v) is 3.27. The van der Waals surface area contributed by atoms with Crippen molar-refractivity contribution in [3.8, 4) is 23.1 Å². The van der Waals surface area contributed by atoms with Crippen LogP contribution in [0.15, 0.2) is 53.9 Å². The van der Waals surface area contributed by atoms with E-state index < -0.39 is 0 Å². The van der Waals surface area contributed by atoms with Crippen LogP contribution in [-0.2, 0) is 6.42 Å². The quantitative estimate of drug-likeness (QED) is 0.767. The van der Waals surface area contributed by atoms with Gasteiger partial charge < -0.3 is 10.5 Å². The zero-order valence-electron chi connectivity index (χ0n) is 13.3. The Morgan fingerprint density at radius 3 is 2.75 bits per heavy atom. The number of benzene rings is 2. The minimum atomic E-state index is -0.156. The van der Waals surface area contributed by atoms with Crippen molar-refractivity contribution in [1.29, 1.82) is 5.26 Å². The average Bonchev–Trinajstić information content (AvgIpc) is 3.13. The maximum absolute atomic E-state index is 9.01. The third-order valence-electron chi connectivity index (χ3n) is 3.74. The molecule has 0 aliphatic carbocycles. The molecular formula is C19H17N3OS. The molecule has 0 saturated heterocycles. The number of hydrogen-bond donors (Lipinski definition) is 1. The minimum Gasteiger partial charge on any atom is -0.497 e. The molecule has 0 fully saturated rings. The third-order valence-corrected chi connectivity index (χ3v) is 4.72. The summed E-state index contributed by atoms with van der Waals surface area (Å²) in [7, 11) is 1.65. The first kappa shape index (κ1) is 16.2. The van der Waals surface area contributed by atoms with Crippen molar-refractivity contribution in [1.82, 2.24) is 4.98 Å². The first-order valence-corrected chi connectivity index (χ1v) is 8.42. The summed E-state index contributed by atoms with van der Waals surface area (Å²) in [4.78, 5) is 4.65. The lowest BCUT2D eigenvalue weighted by Crippen LogP contribution is -2.13. The summed E-state index contributed by atoms with van der Waals surface area (Å²) >= 11 is 1.55. The molecule has 0 aliphatic heterocycles. The van der Waals surface area contributed by atoms with Crippen molar-refractivity contribution >= 4 is 11.3 Å². The zero-order valence-corrected chi connectivity index (χ0v) is 14.1. The second kappa shape index (κ2) is 7.26. The number of aromatic nitrogens is 1. The largest absolute Gasteiger partial charge is 0.497 e. The van der Waals surface area contributed by atoms with Gasteiger partial charge in [-0.25, -0.2) is 4.98 Å². The Hall–Kier alpha value is -2.68. The van der Waals surface area contributed by atoms with E-state index in [1.54, 1.807) is 24.5 Å². The molecule has 1 aromatic heterocycles. The molecular weight excluding hydrogens is 318 g/mol. The maximum atomic E-state index is 9.01. The summed E-state index contributed by atoms with van der Waals surface area (Å²) < 4.78 is 5.17. The van der Waals surface area contributed by atoms with E-state index in [4.69, 9.17) is 15.7 Å².